The molecule has 0 atom stereocenters. The van der Waals surface area contributed by atoms with Crippen LogP contribution in [0.2, 0.25) is 0 Å². The maximum Gasteiger partial charge on any atom is 0.267 e. The molecule has 1 aliphatic rings. The Balaban J connectivity index is 0.00000180. The number of alkyl halides is 2. The minimum absolute atomic E-state index is 0. The van der Waals surface area contributed by atoms with Crippen molar-refractivity contribution in [1.29, 1.82) is 0 Å². The van der Waals surface area contributed by atoms with Gasteiger partial charge in [0.15, 0.2) is 0 Å². The molecule has 6 heteroatoms. The first-order chi connectivity index (χ1) is 8.52. The number of carbonyl (C=O) groups excluding carboxylic acids is 1. The first-order valence-electron chi connectivity index (χ1n) is 5.92. The van der Waals surface area contributed by atoms with Crippen molar-refractivity contribution in [2.45, 2.75) is 18.9 Å². The molecule has 1 fully saturated rings. The van der Waals surface area contributed by atoms with Gasteiger partial charge in [0.1, 0.15) is 0 Å². The van der Waals surface area contributed by atoms with Crippen molar-refractivity contribution in [3.8, 4) is 0 Å². The monoisotopic (exact) mass is 290 g/mol. The number of nitrogens with zero attached hydrogens (tertiary/aromatic N) is 1. The molecule has 3 nitrogen and oxygen atoms in total. The molecular formula is C13H17ClF2N2O. The first-order valence-corrected chi connectivity index (χ1v) is 5.92. The Morgan fingerprint density at radius 1 is 1.37 bits per heavy atom. The summed E-state index contributed by atoms with van der Waals surface area (Å²) in [5.41, 5.74) is 1.52. The van der Waals surface area contributed by atoms with Crippen molar-refractivity contribution >= 4 is 18.3 Å². The van der Waals surface area contributed by atoms with E-state index >= 15 is 0 Å². The second kappa shape index (κ2) is 6.30. The fourth-order valence-electron chi connectivity index (χ4n) is 2.06. The van der Waals surface area contributed by atoms with E-state index in [1.54, 1.807) is 12.1 Å². The van der Waals surface area contributed by atoms with Crippen LogP contribution in [0.4, 0.5) is 8.78 Å². The molecule has 106 valence electrons. The Kier molecular flexibility index (Phi) is 5.26. The SMILES string of the molecule is CNCc1ccc(C(=O)N2CCC(F)(F)C2)cc1.Cl. The topological polar surface area (TPSA) is 32.3 Å². The summed E-state index contributed by atoms with van der Waals surface area (Å²) in [7, 11) is 1.84. The van der Waals surface area contributed by atoms with Crippen molar-refractivity contribution in [1.82, 2.24) is 10.2 Å². The predicted molar refractivity (Wildman–Crippen MR) is 71.9 cm³/mol. The number of benzene rings is 1. The van der Waals surface area contributed by atoms with E-state index in [9.17, 15) is 13.6 Å². The second-order valence-electron chi connectivity index (χ2n) is 4.56. The lowest BCUT2D eigenvalue weighted by Crippen LogP contribution is -2.31. The van der Waals surface area contributed by atoms with E-state index in [1.807, 2.05) is 19.2 Å². The van der Waals surface area contributed by atoms with Crippen LogP contribution in [-0.4, -0.2) is 36.9 Å². The molecule has 1 N–H and O–H groups in total. The van der Waals surface area contributed by atoms with Crippen LogP contribution in [0.25, 0.3) is 0 Å². The summed E-state index contributed by atoms with van der Waals surface area (Å²) in [6, 6.07) is 7.03. The molecule has 19 heavy (non-hydrogen) atoms. The summed E-state index contributed by atoms with van der Waals surface area (Å²) in [5.74, 6) is -3.05. The van der Waals surface area contributed by atoms with Crippen LogP contribution in [0.15, 0.2) is 24.3 Å². The Morgan fingerprint density at radius 2 is 2.00 bits per heavy atom. The average Bonchev–Trinajstić information content (AvgIpc) is 2.70. The van der Waals surface area contributed by atoms with Crippen LogP contribution in [0.5, 0.6) is 0 Å². The van der Waals surface area contributed by atoms with Crippen molar-refractivity contribution < 1.29 is 13.6 Å². The van der Waals surface area contributed by atoms with Gasteiger partial charge >= 0.3 is 0 Å². The third-order valence-corrected chi connectivity index (χ3v) is 3.04. The van der Waals surface area contributed by atoms with Crippen molar-refractivity contribution in [2.24, 2.45) is 0 Å². The third kappa shape index (κ3) is 3.88. The van der Waals surface area contributed by atoms with E-state index in [2.05, 4.69) is 5.32 Å². The smallest absolute Gasteiger partial charge is 0.267 e. The summed E-state index contributed by atoms with van der Waals surface area (Å²) in [5, 5.41) is 3.00. The number of likely N-dealkylation sites (tertiary alicyclic amines) is 1. The van der Waals surface area contributed by atoms with E-state index in [-0.39, 0.29) is 31.3 Å². The van der Waals surface area contributed by atoms with Gasteiger partial charge in [-0.05, 0) is 24.7 Å². The van der Waals surface area contributed by atoms with Gasteiger partial charge in [-0.2, -0.15) is 0 Å². The van der Waals surface area contributed by atoms with Gasteiger partial charge < -0.3 is 10.2 Å². The Hall–Kier alpha value is -1.20. The fraction of sp³-hybridized carbons (Fsp3) is 0.462. The molecule has 1 aromatic rings. The molecule has 0 aromatic heterocycles. The summed E-state index contributed by atoms with van der Waals surface area (Å²) in [6.07, 6.45) is -0.240. The second-order valence-corrected chi connectivity index (χ2v) is 4.56. The highest BCUT2D eigenvalue weighted by Gasteiger charge is 2.40. The highest BCUT2D eigenvalue weighted by atomic mass is 35.5. The largest absolute Gasteiger partial charge is 0.332 e. The molecule has 1 heterocycles. The molecule has 1 aliphatic heterocycles. The highest BCUT2D eigenvalue weighted by Crippen LogP contribution is 2.27. The van der Waals surface area contributed by atoms with Gasteiger partial charge in [-0.3, -0.25) is 4.79 Å². The molecule has 0 spiro atoms. The van der Waals surface area contributed by atoms with Gasteiger partial charge in [0.2, 0.25) is 0 Å². The maximum atomic E-state index is 13.0. The number of carbonyl (C=O) groups is 1. The van der Waals surface area contributed by atoms with E-state index < -0.39 is 12.5 Å². The summed E-state index contributed by atoms with van der Waals surface area (Å²) < 4.78 is 26.1. The maximum absolute atomic E-state index is 13.0. The van der Waals surface area contributed by atoms with Gasteiger partial charge in [0, 0.05) is 25.1 Å². The van der Waals surface area contributed by atoms with Crippen LogP contribution in [0.1, 0.15) is 22.3 Å². The molecule has 1 aromatic carbocycles. The summed E-state index contributed by atoms with van der Waals surface area (Å²) in [6.45, 7) is 0.379. The molecule has 1 amide bonds. The number of halogens is 3. The highest BCUT2D eigenvalue weighted by molar-refractivity contribution is 5.94. The number of rotatable bonds is 3. The average molecular weight is 291 g/mol. The molecule has 2 rings (SSSR count). The van der Waals surface area contributed by atoms with Gasteiger partial charge in [-0.15, -0.1) is 12.4 Å². The number of hydrogen-bond acceptors (Lipinski definition) is 2. The zero-order valence-corrected chi connectivity index (χ0v) is 11.5. The summed E-state index contributed by atoms with van der Waals surface area (Å²) in [4.78, 5) is 13.2. The molecular weight excluding hydrogens is 274 g/mol. The van der Waals surface area contributed by atoms with E-state index in [4.69, 9.17) is 0 Å². The standard InChI is InChI=1S/C13H16F2N2O.ClH/c1-16-8-10-2-4-11(5-3-10)12(18)17-7-6-13(14,15)9-17;/h2-5,16H,6-9H2,1H3;1H. The van der Waals surface area contributed by atoms with E-state index in [1.165, 1.54) is 4.90 Å². The Morgan fingerprint density at radius 3 is 2.47 bits per heavy atom. The van der Waals surface area contributed by atoms with Crippen molar-refractivity contribution in [3.05, 3.63) is 35.4 Å². The lowest BCUT2D eigenvalue weighted by atomic mass is 10.1. The lowest BCUT2D eigenvalue weighted by molar-refractivity contribution is 0.0120. The molecule has 1 saturated heterocycles. The zero-order valence-electron chi connectivity index (χ0n) is 10.7. The first kappa shape index (κ1) is 15.9. The van der Waals surface area contributed by atoms with Gasteiger partial charge in [0.05, 0.1) is 6.54 Å². The third-order valence-electron chi connectivity index (χ3n) is 3.04. The predicted octanol–water partition coefficient (Wildman–Crippen LogP) is 2.31. The quantitative estimate of drug-likeness (QED) is 0.926. The fourth-order valence-corrected chi connectivity index (χ4v) is 2.06. The number of hydrogen-bond donors (Lipinski definition) is 1. The van der Waals surface area contributed by atoms with Crippen LogP contribution in [-0.2, 0) is 6.54 Å². The normalized spacial score (nSPS) is 17.1. The lowest BCUT2D eigenvalue weighted by Gasteiger charge is -2.16. The Bertz CT molecular complexity index is 437. The van der Waals surface area contributed by atoms with Gasteiger partial charge in [0.25, 0.3) is 11.8 Å². The van der Waals surface area contributed by atoms with Gasteiger partial charge in [-0.25, -0.2) is 8.78 Å². The van der Waals surface area contributed by atoms with Crippen molar-refractivity contribution in [3.63, 3.8) is 0 Å². The van der Waals surface area contributed by atoms with Crippen LogP contribution in [0.3, 0.4) is 0 Å². The Labute approximate surface area is 117 Å². The van der Waals surface area contributed by atoms with Gasteiger partial charge in [-0.1, -0.05) is 12.1 Å². The molecule has 0 saturated carbocycles. The van der Waals surface area contributed by atoms with Crippen LogP contribution < -0.4 is 5.32 Å². The van der Waals surface area contributed by atoms with Crippen LogP contribution in [0, 0.1) is 0 Å². The van der Waals surface area contributed by atoms with Crippen molar-refractivity contribution in [2.75, 3.05) is 20.1 Å². The van der Waals surface area contributed by atoms with E-state index in [0.29, 0.717) is 5.56 Å². The molecule has 0 aliphatic carbocycles. The molecule has 0 unspecified atom stereocenters. The molecule has 0 radical (unpaired) electrons. The van der Waals surface area contributed by atoms with E-state index in [0.717, 1.165) is 12.1 Å². The minimum Gasteiger partial charge on any atom is -0.332 e. The molecule has 0 bridgehead atoms. The summed E-state index contributed by atoms with van der Waals surface area (Å²) >= 11 is 0. The minimum atomic E-state index is -2.73. The zero-order chi connectivity index (χ0) is 13.2. The number of nitrogens with one attached hydrogen (secondary N) is 1. The van der Waals surface area contributed by atoms with Crippen LogP contribution >= 0.6 is 12.4 Å². The number of amides is 1.